The standard InChI is InChI=1S/C16H25N3O2/c1-20-14(10-5-3-2-4-6-10)15-18-16(21-19-15)12-9-11-7-8-13(12)17-11/h10-14,17H,2-9H2,1H3. The van der Waals surface area contributed by atoms with Gasteiger partial charge in [-0.1, -0.05) is 24.4 Å². The molecule has 0 spiro atoms. The quantitative estimate of drug-likeness (QED) is 0.924. The van der Waals surface area contributed by atoms with Gasteiger partial charge in [-0.15, -0.1) is 0 Å². The fraction of sp³-hybridized carbons (Fsp3) is 0.875. The second-order valence-electron chi connectivity index (χ2n) is 6.93. The monoisotopic (exact) mass is 291 g/mol. The number of nitrogens with one attached hydrogen (secondary N) is 1. The van der Waals surface area contributed by atoms with Crippen LogP contribution in [0.4, 0.5) is 0 Å². The van der Waals surface area contributed by atoms with Gasteiger partial charge in [0, 0.05) is 19.2 Å². The summed E-state index contributed by atoms with van der Waals surface area (Å²) in [5.41, 5.74) is 0. The van der Waals surface area contributed by atoms with E-state index in [1.807, 2.05) is 0 Å². The Morgan fingerprint density at radius 2 is 2.05 bits per heavy atom. The maximum absolute atomic E-state index is 5.71. The molecule has 1 saturated carbocycles. The van der Waals surface area contributed by atoms with Crippen LogP contribution in [0.25, 0.3) is 0 Å². The van der Waals surface area contributed by atoms with Gasteiger partial charge >= 0.3 is 0 Å². The summed E-state index contributed by atoms with van der Waals surface area (Å²) in [6.07, 6.45) is 10.1. The van der Waals surface area contributed by atoms with E-state index in [1.165, 1.54) is 44.9 Å². The number of hydrogen-bond donors (Lipinski definition) is 1. The van der Waals surface area contributed by atoms with Gasteiger partial charge in [-0.2, -0.15) is 4.98 Å². The van der Waals surface area contributed by atoms with Crippen LogP contribution < -0.4 is 5.32 Å². The number of hydrogen-bond acceptors (Lipinski definition) is 5. The number of fused-ring (bicyclic) bond motifs is 2. The van der Waals surface area contributed by atoms with Crippen molar-refractivity contribution in [2.45, 2.75) is 75.5 Å². The summed E-state index contributed by atoms with van der Waals surface area (Å²) in [6.45, 7) is 0. The Hall–Kier alpha value is -0.940. The fourth-order valence-corrected chi connectivity index (χ4v) is 4.56. The summed E-state index contributed by atoms with van der Waals surface area (Å²) in [6, 6.07) is 1.20. The van der Waals surface area contributed by atoms with Gasteiger partial charge in [0.05, 0.1) is 5.92 Å². The minimum atomic E-state index is 0.00866. The largest absolute Gasteiger partial charge is 0.373 e. The lowest BCUT2D eigenvalue weighted by atomic mass is 9.85. The Morgan fingerprint density at radius 3 is 2.71 bits per heavy atom. The van der Waals surface area contributed by atoms with Crippen molar-refractivity contribution in [2.75, 3.05) is 7.11 Å². The van der Waals surface area contributed by atoms with Crippen molar-refractivity contribution in [2.24, 2.45) is 5.92 Å². The predicted octanol–water partition coefficient (Wildman–Crippen LogP) is 2.95. The lowest BCUT2D eigenvalue weighted by Gasteiger charge is -2.26. The van der Waals surface area contributed by atoms with Gasteiger partial charge in [-0.05, 0) is 38.0 Å². The molecule has 2 aliphatic heterocycles. The molecule has 2 saturated heterocycles. The molecule has 4 atom stereocenters. The third-order valence-corrected chi connectivity index (χ3v) is 5.66. The van der Waals surface area contributed by atoms with Crippen molar-refractivity contribution in [3.63, 3.8) is 0 Å². The number of nitrogens with zero attached hydrogens (tertiary/aromatic N) is 2. The molecule has 5 nitrogen and oxygen atoms in total. The highest BCUT2D eigenvalue weighted by Gasteiger charge is 2.43. The normalized spacial score (nSPS) is 34.4. The summed E-state index contributed by atoms with van der Waals surface area (Å²) in [5.74, 6) is 2.55. The van der Waals surface area contributed by atoms with Gasteiger partial charge < -0.3 is 14.6 Å². The van der Waals surface area contributed by atoms with E-state index in [-0.39, 0.29) is 6.10 Å². The summed E-state index contributed by atoms with van der Waals surface area (Å²) in [4.78, 5) is 4.71. The summed E-state index contributed by atoms with van der Waals surface area (Å²) in [7, 11) is 1.77. The van der Waals surface area contributed by atoms with Gasteiger partial charge in [0.15, 0.2) is 0 Å². The molecule has 21 heavy (non-hydrogen) atoms. The van der Waals surface area contributed by atoms with Crippen LogP contribution in [0.3, 0.4) is 0 Å². The van der Waals surface area contributed by atoms with Gasteiger partial charge in [0.25, 0.3) is 0 Å². The molecule has 1 aliphatic carbocycles. The minimum absolute atomic E-state index is 0.00866. The highest BCUT2D eigenvalue weighted by atomic mass is 16.5. The van der Waals surface area contributed by atoms with Gasteiger partial charge in [-0.25, -0.2) is 0 Å². The molecule has 0 radical (unpaired) electrons. The van der Waals surface area contributed by atoms with Crippen LogP contribution in [0.2, 0.25) is 0 Å². The van der Waals surface area contributed by atoms with E-state index in [0.717, 1.165) is 18.1 Å². The third-order valence-electron chi connectivity index (χ3n) is 5.66. The molecular formula is C16H25N3O2. The molecule has 4 unspecified atom stereocenters. The summed E-state index contributed by atoms with van der Waals surface area (Å²) < 4.78 is 11.3. The topological polar surface area (TPSA) is 60.2 Å². The molecule has 0 amide bonds. The van der Waals surface area contributed by atoms with E-state index < -0.39 is 0 Å². The predicted molar refractivity (Wildman–Crippen MR) is 77.9 cm³/mol. The third kappa shape index (κ3) is 2.50. The summed E-state index contributed by atoms with van der Waals surface area (Å²) in [5, 5.41) is 7.89. The first-order valence-corrected chi connectivity index (χ1v) is 8.47. The first-order valence-electron chi connectivity index (χ1n) is 8.47. The number of methoxy groups -OCH3 is 1. The van der Waals surface area contributed by atoms with Crippen LogP contribution in [0, 0.1) is 5.92 Å². The van der Waals surface area contributed by atoms with Crippen LogP contribution in [-0.4, -0.2) is 29.3 Å². The lowest BCUT2D eigenvalue weighted by Crippen LogP contribution is -2.22. The SMILES string of the molecule is COC(c1noc(C2CC3CCC2N3)n1)C1CCCCC1. The molecule has 0 aromatic carbocycles. The van der Waals surface area contributed by atoms with Crippen molar-refractivity contribution in [3.8, 4) is 0 Å². The molecule has 3 fully saturated rings. The first-order chi connectivity index (χ1) is 10.3. The van der Waals surface area contributed by atoms with E-state index in [1.54, 1.807) is 7.11 Å². The Kier molecular flexibility index (Phi) is 3.71. The Labute approximate surface area is 125 Å². The molecule has 1 aromatic heterocycles. The van der Waals surface area contributed by atoms with Crippen molar-refractivity contribution in [3.05, 3.63) is 11.7 Å². The zero-order valence-electron chi connectivity index (χ0n) is 12.8. The van der Waals surface area contributed by atoms with E-state index in [9.17, 15) is 0 Å². The highest BCUT2D eigenvalue weighted by Crippen LogP contribution is 2.40. The minimum Gasteiger partial charge on any atom is -0.373 e. The second kappa shape index (κ2) is 5.69. The van der Waals surface area contributed by atoms with E-state index >= 15 is 0 Å². The van der Waals surface area contributed by atoms with E-state index in [4.69, 9.17) is 14.2 Å². The summed E-state index contributed by atoms with van der Waals surface area (Å²) >= 11 is 0. The zero-order valence-corrected chi connectivity index (χ0v) is 12.8. The van der Waals surface area contributed by atoms with Crippen LogP contribution >= 0.6 is 0 Å². The van der Waals surface area contributed by atoms with Crippen LogP contribution in [-0.2, 0) is 4.74 Å². The molecule has 4 rings (SSSR count). The van der Waals surface area contributed by atoms with Crippen LogP contribution in [0.5, 0.6) is 0 Å². The molecule has 3 aliphatic rings. The van der Waals surface area contributed by atoms with Gasteiger partial charge in [0.1, 0.15) is 6.10 Å². The van der Waals surface area contributed by atoms with Crippen LogP contribution in [0.1, 0.15) is 75.1 Å². The van der Waals surface area contributed by atoms with Crippen LogP contribution in [0.15, 0.2) is 4.52 Å². The lowest BCUT2D eigenvalue weighted by molar-refractivity contribution is 0.0273. The molecule has 3 heterocycles. The highest BCUT2D eigenvalue weighted by molar-refractivity contribution is 5.10. The van der Waals surface area contributed by atoms with Crippen molar-refractivity contribution in [1.29, 1.82) is 0 Å². The Morgan fingerprint density at radius 1 is 1.19 bits per heavy atom. The maximum atomic E-state index is 5.71. The van der Waals surface area contributed by atoms with Gasteiger partial charge in [-0.3, -0.25) is 0 Å². The first kappa shape index (κ1) is 13.7. The molecule has 5 heteroatoms. The average Bonchev–Trinajstić information content (AvgIpc) is 3.25. The fourth-order valence-electron chi connectivity index (χ4n) is 4.56. The van der Waals surface area contributed by atoms with Crippen molar-refractivity contribution < 1.29 is 9.26 Å². The van der Waals surface area contributed by atoms with E-state index in [2.05, 4.69) is 10.5 Å². The number of rotatable bonds is 4. The molecule has 1 N–H and O–H groups in total. The van der Waals surface area contributed by atoms with Gasteiger partial charge in [0.2, 0.25) is 11.7 Å². The number of aromatic nitrogens is 2. The Bertz CT molecular complexity index is 484. The molecule has 1 aromatic rings. The molecule has 116 valence electrons. The van der Waals surface area contributed by atoms with Crippen molar-refractivity contribution in [1.82, 2.24) is 15.5 Å². The Balaban J connectivity index is 1.50. The van der Waals surface area contributed by atoms with Crippen molar-refractivity contribution >= 4 is 0 Å². The maximum Gasteiger partial charge on any atom is 0.231 e. The zero-order chi connectivity index (χ0) is 14.2. The average molecular weight is 291 g/mol. The second-order valence-corrected chi connectivity index (χ2v) is 6.93. The molecule has 2 bridgehead atoms. The number of ether oxygens (including phenoxy) is 1. The van der Waals surface area contributed by atoms with E-state index in [0.29, 0.717) is 23.9 Å². The smallest absolute Gasteiger partial charge is 0.231 e. The molecular weight excluding hydrogens is 266 g/mol.